The van der Waals surface area contributed by atoms with Crippen molar-refractivity contribution >= 4 is 0 Å². The highest BCUT2D eigenvalue weighted by Gasteiger charge is 1.91. The van der Waals surface area contributed by atoms with Crippen LogP contribution in [0.1, 0.15) is 39.0 Å². The van der Waals surface area contributed by atoms with Crippen molar-refractivity contribution in [3.8, 4) is 0 Å². The first-order valence-corrected chi connectivity index (χ1v) is 4.22. The maximum atomic E-state index is 11.5. The van der Waals surface area contributed by atoms with E-state index in [0.29, 0.717) is 0 Å². The van der Waals surface area contributed by atoms with Gasteiger partial charge in [-0.3, -0.25) is 0 Å². The minimum Gasteiger partial charge on any atom is -0.206 e. The van der Waals surface area contributed by atoms with Crippen molar-refractivity contribution in [2.45, 2.75) is 45.5 Å². The van der Waals surface area contributed by atoms with E-state index in [1.807, 2.05) is 0 Å². The predicted octanol–water partition coefficient (Wildman–Crippen LogP) is 3.78. The Morgan fingerprint density at radius 2 is 1.91 bits per heavy atom. The Labute approximate surface area is 67.3 Å². The van der Waals surface area contributed by atoms with Crippen molar-refractivity contribution < 1.29 is 8.78 Å². The van der Waals surface area contributed by atoms with Crippen LogP contribution in [-0.4, -0.2) is 6.43 Å². The smallest absolute Gasteiger partial charge is 0.206 e. The number of hydrogen-bond acceptors (Lipinski definition) is 0. The van der Waals surface area contributed by atoms with Gasteiger partial charge in [0.2, 0.25) is 0 Å². The van der Waals surface area contributed by atoms with Gasteiger partial charge in [-0.25, -0.2) is 8.78 Å². The molecule has 0 atom stereocenters. The van der Waals surface area contributed by atoms with Crippen molar-refractivity contribution in [3.05, 3.63) is 12.2 Å². The Morgan fingerprint density at radius 1 is 1.18 bits per heavy atom. The van der Waals surface area contributed by atoms with Crippen LogP contribution in [0.3, 0.4) is 0 Å². The Bertz CT molecular complexity index is 97.7. The van der Waals surface area contributed by atoms with E-state index in [1.165, 1.54) is 12.8 Å². The Hall–Kier alpha value is -0.400. The summed E-state index contributed by atoms with van der Waals surface area (Å²) in [5, 5.41) is 0. The van der Waals surface area contributed by atoms with E-state index in [4.69, 9.17) is 0 Å². The van der Waals surface area contributed by atoms with Crippen LogP contribution in [0.2, 0.25) is 0 Å². The van der Waals surface area contributed by atoms with Crippen LogP contribution in [0.5, 0.6) is 0 Å². The Morgan fingerprint density at radius 3 is 2.45 bits per heavy atom. The van der Waals surface area contributed by atoms with Gasteiger partial charge >= 0.3 is 0 Å². The highest BCUT2D eigenvalue weighted by atomic mass is 19.3. The van der Waals surface area contributed by atoms with Gasteiger partial charge in [0.15, 0.2) is 0 Å². The lowest BCUT2D eigenvalue weighted by molar-refractivity contribution is 0.204. The van der Waals surface area contributed by atoms with Crippen LogP contribution in [0.25, 0.3) is 0 Å². The van der Waals surface area contributed by atoms with Crippen LogP contribution in [0.4, 0.5) is 8.78 Å². The van der Waals surface area contributed by atoms with Crippen LogP contribution in [-0.2, 0) is 0 Å². The molecule has 0 heterocycles. The second-order valence-corrected chi connectivity index (χ2v) is 2.61. The lowest BCUT2D eigenvalue weighted by Gasteiger charge is -1.93. The van der Waals surface area contributed by atoms with Crippen LogP contribution in [0.15, 0.2) is 12.2 Å². The van der Waals surface area contributed by atoms with Crippen LogP contribution >= 0.6 is 0 Å². The third-order valence-corrected chi connectivity index (χ3v) is 1.51. The lowest BCUT2D eigenvalue weighted by atomic mass is 10.1. The summed E-state index contributed by atoms with van der Waals surface area (Å²) in [7, 11) is 0. The van der Waals surface area contributed by atoms with E-state index in [2.05, 4.69) is 6.92 Å². The predicted molar refractivity (Wildman–Crippen MR) is 43.9 cm³/mol. The molecular formula is C9H16F2. The number of hydrogen-bond donors (Lipinski definition) is 0. The molecule has 0 aromatic carbocycles. The molecule has 0 fully saturated rings. The minimum absolute atomic E-state index is 0.796. The topological polar surface area (TPSA) is 0 Å². The van der Waals surface area contributed by atoms with E-state index >= 15 is 0 Å². The second-order valence-electron chi connectivity index (χ2n) is 2.61. The monoisotopic (exact) mass is 162 g/mol. The second kappa shape index (κ2) is 7.70. The van der Waals surface area contributed by atoms with Crippen molar-refractivity contribution in [2.24, 2.45) is 0 Å². The molecule has 0 rings (SSSR count). The van der Waals surface area contributed by atoms with Crippen molar-refractivity contribution in [1.29, 1.82) is 0 Å². The van der Waals surface area contributed by atoms with Gasteiger partial charge in [0, 0.05) is 0 Å². The standard InChI is InChI=1S/C9H16F2/c1-2-3-4-5-6-7-8-9(10)11/h7-9H,2-6H2,1H3/b8-7-. The van der Waals surface area contributed by atoms with Gasteiger partial charge in [-0.15, -0.1) is 0 Å². The molecule has 0 aromatic heterocycles. The van der Waals surface area contributed by atoms with Gasteiger partial charge in [0.05, 0.1) is 0 Å². The summed E-state index contributed by atoms with van der Waals surface area (Å²) in [6.45, 7) is 2.13. The molecule has 0 nitrogen and oxygen atoms in total. The zero-order valence-corrected chi connectivity index (χ0v) is 7.02. The largest absolute Gasteiger partial charge is 0.257 e. The first-order valence-electron chi connectivity index (χ1n) is 4.22. The van der Waals surface area contributed by atoms with Gasteiger partial charge in [0.1, 0.15) is 0 Å². The fraction of sp³-hybridized carbons (Fsp3) is 0.778. The number of allylic oxidation sites excluding steroid dienone is 2. The van der Waals surface area contributed by atoms with Crippen LogP contribution in [0, 0.1) is 0 Å². The zero-order chi connectivity index (χ0) is 8.53. The molecule has 0 bridgehead atoms. The Kier molecular flexibility index (Phi) is 7.42. The van der Waals surface area contributed by atoms with Crippen molar-refractivity contribution in [1.82, 2.24) is 0 Å². The minimum atomic E-state index is -2.28. The molecule has 2 heteroatoms. The summed E-state index contributed by atoms with van der Waals surface area (Å²) in [5.74, 6) is 0. The summed E-state index contributed by atoms with van der Waals surface area (Å²) in [5.41, 5.74) is 0. The molecule has 0 aliphatic heterocycles. The van der Waals surface area contributed by atoms with E-state index in [1.54, 1.807) is 6.08 Å². The van der Waals surface area contributed by atoms with Gasteiger partial charge in [-0.1, -0.05) is 32.3 Å². The van der Waals surface area contributed by atoms with Gasteiger partial charge in [-0.05, 0) is 18.9 Å². The number of halogens is 2. The number of alkyl halides is 2. The van der Waals surface area contributed by atoms with E-state index in [0.717, 1.165) is 25.3 Å². The molecular weight excluding hydrogens is 146 g/mol. The lowest BCUT2D eigenvalue weighted by Crippen LogP contribution is -1.80. The molecule has 0 amide bonds. The summed E-state index contributed by atoms with van der Waals surface area (Å²) in [6, 6.07) is 0. The van der Waals surface area contributed by atoms with Crippen LogP contribution < -0.4 is 0 Å². The first kappa shape index (κ1) is 10.6. The van der Waals surface area contributed by atoms with Crippen molar-refractivity contribution in [3.63, 3.8) is 0 Å². The molecule has 66 valence electrons. The average molecular weight is 162 g/mol. The summed E-state index contributed by atoms with van der Waals surface area (Å²) >= 11 is 0. The molecule has 0 N–H and O–H groups in total. The summed E-state index contributed by atoms with van der Waals surface area (Å²) < 4.78 is 23.0. The summed E-state index contributed by atoms with van der Waals surface area (Å²) in [6.07, 6.45) is 5.65. The quantitative estimate of drug-likeness (QED) is 0.412. The van der Waals surface area contributed by atoms with E-state index < -0.39 is 6.43 Å². The third-order valence-electron chi connectivity index (χ3n) is 1.51. The zero-order valence-electron chi connectivity index (χ0n) is 7.02. The molecule has 0 saturated carbocycles. The Balaban J connectivity index is 3.01. The first-order chi connectivity index (χ1) is 5.27. The molecule has 0 unspecified atom stereocenters. The van der Waals surface area contributed by atoms with Gasteiger partial charge in [0.25, 0.3) is 6.43 Å². The highest BCUT2D eigenvalue weighted by Crippen LogP contribution is 2.04. The van der Waals surface area contributed by atoms with Gasteiger partial charge < -0.3 is 0 Å². The molecule has 0 spiro atoms. The highest BCUT2D eigenvalue weighted by molar-refractivity contribution is 4.83. The number of unbranched alkanes of at least 4 members (excludes halogenated alkanes) is 4. The fourth-order valence-corrected chi connectivity index (χ4v) is 0.888. The maximum absolute atomic E-state index is 11.5. The molecule has 0 aromatic rings. The molecule has 0 aliphatic carbocycles. The average Bonchev–Trinajstić information content (AvgIpc) is 1.96. The molecule has 11 heavy (non-hydrogen) atoms. The van der Waals surface area contributed by atoms with Gasteiger partial charge in [-0.2, -0.15) is 0 Å². The molecule has 0 aliphatic rings. The normalized spacial score (nSPS) is 11.6. The van der Waals surface area contributed by atoms with E-state index in [-0.39, 0.29) is 0 Å². The molecule has 0 saturated heterocycles. The number of rotatable bonds is 6. The maximum Gasteiger partial charge on any atom is 0.257 e. The fourth-order valence-electron chi connectivity index (χ4n) is 0.888. The third kappa shape index (κ3) is 9.60. The SMILES string of the molecule is CCCCCC/C=C\C(F)F. The molecule has 0 radical (unpaired) electrons. The van der Waals surface area contributed by atoms with E-state index in [9.17, 15) is 8.78 Å². The summed E-state index contributed by atoms with van der Waals surface area (Å²) in [4.78, 5) is 0. The van der Waals surface area contributed by atoms with Crippen molar-refractivity contribution in [2.75, 3.05) is 0 Å².